The van der Waals surface area contributed by atoms with Crippen molar-refractivity contribution in [3.63, 3.8) is 0 Å². The van der Waals surface area contributed by atoms with Crippen LogP contribution in [0.2, 0.25) is 0 Å². The summed E-state index contributed by atoms with van der Waals surface area (Å²) in [5.74, 6) is 1.60. The Bertz CT molecular complexity index is 608. The Balaban J connectivity index is 1.58. The number of hydrogen-bond donors (Lipinski definition) is 2. The van der Waals surface area contributed by atoms with Crippen LogP contribution in [0.5, 0.6) is 11.5 Å². The number of nitrogens with one attached hydrogen (secondary N) is 2. The molecule has 1 aliphatic heterocycles. The van der Waals surface area contributed by atoms with Gasteiger partial charge in [0.25, 0.3) is 0 Å². The van der Waals surface area contributed by atoms with Gasteiger partial charge in [0.05, 0.1) is 5.92 Å². The Kier molecular flexibility index (Phi) is 4.65. The molecular weight excluding hydrogens is 278 g/mol. The second kappa shape index (κ2) is 7.04. The number of amides is 1. The summed E-state index contributed by atoms with van der Waals surface area (Å²) >= 11 is 0. The minimum Gasteiger partial charge on any atom is -0.457 e. The molecule has 1 unspecified atom stereocenters. The standard InChI is InChI=1S/C17H19N3O2/c21-17(13-2-1-9-19-12-13)20-14-3-5-15(6-4-14)22-16-7-10-18-11-8-16/h3-8,10-11,13,19H,1-2,9,12H2,(H,20,21). The molecule has 0 aliphatic carbocycles. The van der Waals surface area contributed by atoms with E-state index in [9.17, 15) is 4.79 Å². The van der Waals surface area contributed by atoms with Gasteiger partial charge >= 0.3 is 0 Å². The molecule has 114 valence electrons. The second-order valence-electron chi connectivity index (χ2n) is 5.34. The van der Waals surface area contributed by atoms with Gasteiger partial charge in [0.1, 0.15) is 11.5 Å². The molecule has 1 atom stereocenters. The first-order valence-electron chi connectivity index (χ1n) is 7.51. The van der Waals surface area contributed by atoms with Crippen LogP contribution in [-0.2, 0) is 4.79 Å². The van der Waals surface area contributed by atoms with E-state index in [4.69, 9.17) is 4.74 Å². The van der Waals surface area contributed by atoms with Crippen molar-refractivity contribution in [2.24, 2.45) is 5.92 Å². The number of pyridine rings is 1. The van der Waals surface area contributed by atoms with Crippen molar-refractivity contribution in [2.75, 3.05) is 18.4 Å². The van der Waals surface area contributed by atoms with E-state index in [1.807, 2.05) is 24.3 Å². The van der Waals surface area contributed by atoms with Crippen molar-refractivity contribution < 1.29 is 9.53 Å². The number of rotatable bonds is 4. The molecule has 3 rings (SSSR count). The zero-order chi connectivity index (χ0) is 15.2. The highest BCUT2D eigenvalue weighted by Crippen LogP contribution is 2.22. The minimum atomic E-state index is 0.0569. The maximum absolute atomic E-state index is 12.2. The first-order valence-corrected chi connectivity index (χ1v) is 7.51. The SMILES string of the molecule is O=C(Nc1ccc(Oc2ccncc2)cc1)C1CCCNC1. The number of anilines is 1. The Morgan fingerprint density at radius 1 is 1.14 bits per heavy atom. The molecule has 0 radical (unpaired) electrons. The lowest BCUT2D eigenvalue weighted by Crippen LogP contribution is -2.37. The number of aromatic nitrogens is 1. The molecule has 0 saturated carbocycles. The number of hydrogen-bond acceptors (Lipinski definition) is 4. The highest BCUT2D eigenvalue weighted by molar-refractivity contribution is 5.92. The quantitative estimate of drug-likeness (QED) is 0.911. The Morgan fingerprint density at radius 3 is 2.55 bits per heavy atom. The highest BCUT2D eigenvalue weighted by Gasteiger charge is 2.20. The minimum absolute atomic E-state index is 0.0569. The van der Waals surface area contributed by atoms with Crippen LogP contribution in [0.4, 0.5) is 5.69 Å². The monoisotopic (exact) mass is 297 g/mol. The lowest BCUT2D eigenvalue weighted by molar-refractivity contribution is -0.120. The molecule has 5 nitrogen and oxygen atoms in total. The number of ether oxygens (including phenoxy) is 1. The Hall–Kier alpha value is -2.40. The summed E-state index contributed by atoms with van der Waals surface area (Å²) in [5.41, 5.74) is 0.789. The molecule has 1 aromatic carbocycles. The number of carbonyl (C=O) groups is 1. The van der Waals surface area contributed by atoms with Crippen LogP contribution in [-0.4, -0.2) is 24.0 Å². The molecule has 1 amide bonds. The highest BCUT2D eigenvalue weighted by atomic mass is 16.5. The van der Waals surface area contributed by atoms with E-state index in [0.717, 1.165) is 43.1 Å². The summed E-state index contributed by atoms with van der Waals surface area (Å²) in [6, 6.07) is 11.0. The topological polar surface area (TPSA) is 63.2 Å². The van der Waals surface area contributed by atoms with Crippen molar-refractivity contribution >= 4 is 11.6 Å². The molecule has 2 N–H and O–H groups in total. The van der Waals surface area contributed by atoms with Crippen LogP contribution in [0.1, 0.15) is 12.8 Å². The van der Waals surface area contributed by atoms with Gasteiger partial charge in [-0.1, -0.05) is 0 Å². The molecule has 5 heteroatoms. The smallest absolute Gasteiger partial charge is 0.228 e. The summed E-state index contributed by atoms with van der Waals surface area (Å²) in [5, 5.41) is 6.21. The molecule has 1 aliphatic rings. The normalized spacial score (nSPS) is 17.7. The fourth-order valence-electron chi connectivity index (χ4n) is 2.47. The van der Waals surface area contributed by atoms with Crippen molar-refractivity contribution in [1.82, 2.24) is 10.3 Å². The van der Waals surface area contributed by atoms with Crippen molar-refractivity contribution in [3.8, 4) is 11.5 Å². The van der Waals surface area contributed by atoms with E-state index in [1.165, 1.54) is 0 Å². The van der Waals surface area contributed by atoms with Gasteiger partial charge in [0.2, 0.25) is 5.91 Å². The van der Waals surface area contributed by atoms with Crippen molar-refractivity contribution in [3.05, 3.63) is 48.8 Å². The summed E-state index contributed by atoms with van der Waals surface area (Å²) in [6.07, 6.45) is 5.36. The van der Waals surface area contributed by atoms with Crippen LogP contribution >= 0.6 is 0 Å². The summed E-state index contributed by atoms with van der Waals surface area (Å²) in [4.78, 5) is 16.1. The Labute approximate surface area is 129 Å². The first kappa shape index (κ1) is 14.5. The van der Waals surface area contributed by atoms with E-state index in [-0.39, 0.29) is 11.8 Å². The molecule has 1 fully saturated rings. The predicted molar refractivity (Wildman–Crippen MR) is 85.0 cm³/mol. The summed E-state index contributed by atoms with van der Waals surface area (Å²) < 4.78 is 5.69. The number of piperidine rings is 1. The molecule has 1 aromatic heterocycles. The lowest BCUT2D eigenvalue weighted by Gasteiger charge is -2.21. The average molecular weight is 297 g/mol. The van der Waals surface area contributed by atoms with Gasteiger partial charge in [-0.15, -0.1) is 0 Å². The van der Waals surface area contributed by atoms with E-state index in [0.29, 0.717) is 0 Å². The van der Waals surface area contributed by atoms with Gasteiger partial charge in [-0.2, -0.15) is 0 Å². The van der Waals surface area contributed by atoms with Crippen LogP contribution in [0, 0.1) is 5.92 Å². The third-order valence-corrected chi connectivity index (χ3v) is 3.67. The maximum Gasteiger partial charge on any atom is 0.228 e. The van der Waals surface area contributed by atoms with Gasteiger partial charge in [-0.05, 0) is 55.8 Å². The van der Waals surface area contributed by atoms with Crippen LogP contribution in [0.25, 0.3) is 0 Å². The van der Waals surface area contributed by atoms with Gasteiger partial charge in [0, 0.05) is 24.6 Å². The second-order valence-corrected chi connectivity index (χ2v) is 5.34. The number of nitrogens with zero attached hydrogens (tertiary/aromatic N) is 1. The van der Waals surface area contributed by atoms with E-state index >= 15 is 0 Å². The summed E-state index contributed by atoms with van der Waals surface area (Å²) in [6.45, 7) is 1.76. The van der Waals surface area contributed by atoms with Crippen LogP contribution in [0.15, 0.2) is 48.8 Å². The zero-order valence-corrected chi connectivity index (χ0v) is 12.3. The number of carbonyl (C=O) groups excluding carboxylic acids is 1. The maximum atomic E-state index is 12.2. The fraction of sp³-hybridized carbons (Fsp3) is 0.294. The van der Waals surface area contributed by atoms with E-state index in [2.05, 4.69) is 15.6 Å². The zero-order valence-electron chi connectivity index (χ0n) is 12.3. The van der Waals surface area contributed by atoms with Gasteiger partial charge in [-0.3, -0.25) is 9.78 Å². The first-order chi connectivity index (χ1) is 10.8. The third kappa shape index (κ3) is 3.83. The molecule has 0 bridgehead atoms. The molecule has 22 heavy (non-hydrogen) atoms. The average Bonchev–Trinajstić information content (AvgIpc) is 2.58. The Morgan fingerprint density at radius 2 is 1.86 bits per heavy atom. The van der Waals surface area contributed by atoms with Crippen molar-refractivity contribution in [1.29, 1.82) is 0 Å². The molecule has 0 spiro atoms. The van der Waals surface area contributed by atoms with Gasteiger partial charge in [0.15, 0.2) is 0 Å². The molecule has 2 heterocycles. The van der Waals surface area contributed by atoms with E-state index in [1.54, 1.807) is 24.5 Å². The number of benzene rings is 1. The third-order valence-electron chi connectivity index (χ3n) is 3.67. The van der Waals surface area contributed by atoms with Crippen LogP contribution in [0.3, 0.4) is 0 Å². The van der Waals surface area contributed by atoms with Crippen LogP contribution < -0.4 is 15.4 Å². The predicted octanol–water partition coefficient (Wildman–Crippen LogP) is 2.81. The van der Waals surface area contributed by atoms with E-state index < -0.39 is 0 Å². The lowest BCUT2D eigenvalue weighted by atomic mass is 9.99. The molecule has 2 aromatic rings. The molecule has 1 saturated heterocycles. The fourth-order valence-corrected chi connectivity index (χ4v) is 2.47. The largest absolute Gasteiger partial charge is 0.457 e. The summed E-state index contributed by atoms with van der Waals surface area (Å²) in [7, 11) is 0. The molecular formula is C17H19N3O2. The van der Waals surface area contributed by atoms with Gasteiger partial charge < -0.3 is 15.4 Å². The van der Waals surface area contributed by atoms with Crippen molar-refractivity contribution in [2.45, 2.75) is 12.8 Å². The van der Waals surface area contributed by atoms with Gasteiger partial charge in [-0.25, -0.2) is 0 Å².